The van der Waals surface area contributed by atoms with Gasteiger partial charge in [-0.25, -0.2) is 9.63 Å². The Labute approximate surface area is 236 Å². The average molecular weight is 581 g/mol. The second-order valence-electron chi connectivity index (χ2n) is 8.77. The summed E-state index contributed by atoms with van der Waals surface area (Å²) in [7, 11) is 0.469. The largest absolute Gasteiger partial charge is 0.477 e. The summed E-state index contributed by atoms with van der Waals surface area (Å²) in [6.07, 6.45) is 0.641. The Morgan fingerprint density at radius 1 is 1.12 bits per heavy atom. The van der Waals surface area contributed by atoms with Crippen LogP contribution in [0.3, 0.4) is 0 Å². The van der Waals surface area contributed by atoms with Crippen LogP contribution in [0.25, 0.3) is 0 Å². The van der Waals surface area contributed by atoms with Gasteiger partial charge in [0.2, 0.25) is 5.91 Å². The maximum absolute atomic E-state index is 13.7. The van der Waals surface area contributed by atoms with E-state index in [1.54, 1.807) is 0 Å². The number of aliphatic imine (C=N–C) groups is 1. The molecule has 3 unspecified atom stereocenters. The van der Waals surface area contributed by atoms with Gasteiger partial charge >= 0.3 is 11.9 Å². The van der Waals surface area contributed by atoms with Crippen LogP contribution in [0.4, 0.5) is 0 Å². The van der Waals surface area contributed by atoms with E-state index in [-0.39, 0.29) is 11.4 Å². The number of carboxylic acid groups (broad SMARTS) is 1. The number of esters is 1. The van der Waals surface area contributed by atoms with Gasteiger partial charge in [0.15, 0.2) is 12.0 Å². The Balaban J connectivity index is 1.42. The molecule has 2 amide bonds. The number of nitrogens with zero attached hydrogens (tertiary/aromatic N) is 3. The normalized spacial score (nSPS) is 22.2. The number of β-lactam (4-membered cyclic amide) rings is 1. The fourth-order valence-electron chi connectivity index (χ4n) is 4.47. The van der Waals surface area contributed by atoms with Gasteiger partial charge in [-0.15, -0.1) is 16.3 Å². The van der Waals surface area contributed by atoms with E-state index in [2.05, 4.69) is 14.8 Å². The molecule has 3 aliphatic heterocycles. The van der Waals surface area contributed by atoms with Crippen molar-refractivity contribution in [2.24, 2.45) is 15.4 Å². The summed E-state index contributed by atoms with van der Waals surface area (Å²) in [6.45, 7) is 0. The van der Waals surface area contributed by atoms with Crippen molar-refractivity contribution in [3.05, 3.63) is 94.7 Å². The van der Waals surface area contributed by atoms with Crippen molar-refractivity contribution in [3.8, 4) is 0 Å². The molecule has 0 spiro atoms. The Morgan fingerprint density at radius 3 is 2.38 bits per heavy atom. The van der Waals surface area contributed by atoms with E-state index >= 15 is 0 Å². The highest BCUT2D eigenvalue weighted by Gasteiger charge is 2.53. The highest BCUT2D eigenvalue weighted by atomic mass is 32.2. The van der Waals surface area contributed by atoms with E-state index in [1.807, 2.05) is 60.7 Å². The number of benzene rings is 2. The van der Waals surface area contributed by atoms with Crippen molar-refractivity contribution < 1.29 is 33.9 Å². The molecule has 4 atom stereocenters. The molecule has 206 valence electrons. The number of ether oxygens (including phenoxy) is 1. The van der Waals surface area contributed by atoms with E-state index in [0.29, 0.717) is 16.9 Å². The van der Waals surface area contributed by atoms with Gasteiger partial charge < -0.3 is 15.2 Å². The molecular weight excluding hydrogens is 556 g/mol. The minimum absolute atomic E-state index is 0.109. The zero-order valence-electron chi connectivity index (χ0n) is 21.1. The minimum atomic E-state index is -1.51. The lowest BCUT2D eigenvalue weighted by atomic mass is 9.99. The van der Waals surface area contributed by atoms with Crippen LogP contribution in [-0.2, 0) is 39.4 Å². The first-order valence-corrected chi connectivity index (χ1v) is 14.5. The van der Waals surface area contributed by atoms with E-state index in [1.165, 1.54) is 35.9 Å². The molecule has 2 aromatic rings. The highest BCUT2D eigenvalue weighted by Crippen LogP contribution is 2.38. The van der Waals surface area contributed by atoms with E-state index in [9.17, 15) is 24.3 Å². The van der Waals surface area contributed by atoms with Crippen molar-refractivity contribution in [1.29, 1.82) is 0 Å². The molecule has 2 N–H and O–H groups in total. The number of thioether (sulfide) groups is 1. The van der Waals surface area contributed by atoms with Gasteiger partial charge in [-0.2, -0.15) is 0 Å². The molecule has 40 heavy (non-hydrogen) atoms. The molecule has 0 aromatic heterocycles. The summed E-state index contributed by atoms with van der Waals surface area (Å²) in [5.74, 6) is -4.61. The number of hydrogen-bond acceptors (Lipinski definition) is 9. The molecule has 5 rings (SSSR count). The first-order valence-electron chi connectivity index (χ1n) is 12.1. The third-order valence-electron chi connectivity index (χ3n) is 6.31. The summed E-state index contributed by atoms with van der Waals surface area (Å²) in [5.41, 5.74) is 2.84. The molecule has 0 radical (unpaired) electrons. The van der Waals surface area contributed by atoms with Gasteiger partial charge in [0.25, 0.3) is 5.91 Å². The van der Waals surface area contributed by atoms with Gasteiger partial charge in [0, 0.05) is 21.9 Å². The fourth-order valence-corrected chi connectivity index (χ4v) is 6.66. The topological polar surface area (TPSA) is 147 Å². The molecule has 2 aromatic carbocycles. The zero-order chi connectivity index (χ0) is 28.2. The van der Waals surface area contributed by atoms with Crippen molar-refractivity contribution in [1.82, 2.24) is 10.2 Å². The molecule has 1 saturated heterocycles. The second-order valence-corrected chi connectivity index (χ2v) is 11.2. The molecule has 1 fully saturated rings. The average Bonchev–Trinajstić information content (AvgIpc) is 3.43. The third-order valence-corrected chi connectivity index (χ3v) is 8.62. The van der Waals surface area contributed by atoms with Gasteiger partial charge in [-0.3, -0.25) is 24.3 Å². The van der Waals surface area contributed by atoms with Gasteiger partial charge in [-0.1, -0.05) is 60.7 Å². The lowest BCUT2D eigenvalue weighted by molar-refractivity contribution is -0.157. The van der Waals surface area contributed by atoms with E-state index < -0.39 is 57.9 Å². The summed E-state index contributed by atoms with van der Waals surface area (Å²) in [6, 6.07) is 17.2. The Kier molecular flexibility index (Phi) is 8.24. The highest BCUT2D eigenvalue weighted by molar-refractivity contribution is 8.03. The van der Waals surface area contributed by atoms with Crippen LogP contribution in [-0.4, -0.2) is 63.6 Å². The SMILES string of the molecule is CON=S1C=NC(C(C(=O)NC2C(=O)N3C(C(=O)O)=CCS[C@H]23)C(=O)OC(c2ccccc2)c2ccccc2)=C1. The number of nitrogens with one attached hydrogen (secondary N) is 1. The number of carboxylic acids is 1. The summed E-state index contributed by atoms with van der Waals surface area (Å²) in [4.78, 5) is 62.0. The Morgan fingerprint density at radius 2 is 1.77 bits per heavy atom. The molecular formula is C27H24N4O7S2. The molecule has 0 bridgehead atoms. The monoisotopic (exact) mass is 580 g/mol. The quantitative estimate of drug-likeness (QED) is 0.199. The lowest BCUT2D eigenvalue weighted by Gasteiger charge is -2.48. The van der Waals surface area contributed by atoms with Gasteiger partial charge in [0.1, 0.15) is 17.1 Å². The smallest absolute Gasteiger partial charge is 0.352 e. The van der Waals surface area contributed by atoms with Crippen LogP contribution in [0.5, 0.6) is 0 Å². The Hall–Kier alpha value is -4.07. The number of aliphatic carboxylic acids is 1. The van der Waals surface area contributed by atoms with Crippen LogP contribution in [0, 0.1) is 5.92 Å². The Bertz CT molecular complexity index is 1420. The first-order chi connectivity index (χ1) is 19.4. The number of fused-ring (bicyclic) bond motifs is 1. The molecule has 11 nitrogen and oxygen atoms in total. The van der Waals surface area contributed by atoms with Crippen LogP contribution in [0.15, 0.2) is 93.1 Å². The van der Waals surface area contributed by atoms with Crippen molar-refractivity contribution in [2.45, 2.75) is 17.5 Å². The molecule has 0 aliphatic carbocycles. The summed E-state index contributed by atoms with van der Waals surface area (Å²) >= 11 is 1.31. The predicted molar refractivity (Wildman–Crippen MR) is 148 cm³/mol. The first kappa shape index (κ1) is 27.5. The summed E-state index contributed by atoms with van der Waals surface area (Å²) < 4.78 is 9.87. The summed E-state index contributed by atoms with van der Waals surface area (Å²) in [5, 5.41) is 13.0. The van der Waals surface area contributed by atoms with Crippen LogP contribution < -0.4 is 5.32 Å². The van der Waals surface area contributed by atoms with E-state index in [0.717, 1.165) is 4.90 Å². The maximum Gasteiger partial charge on any atom is 0.352 e. The second kappa shape index (κ2) is 12.0. The standard InChI is InChI=1S/C27H24N4O7S2/c1-37-30-40-14-18(28-15-40)20(23(32)29-21-24(33)31-19(26(34)35)12-13-39-25(21)31)27(36)38-22(16-8-4-2-5-9-16)17-10-6-3-7-11-17/h2-12,14-15,20-22,25H,13H2,1H3,(H,29,32)(H,34,35)/t20?,21?,25-,40?/m1/s1. The fraction of sp³-hybridized carbons (Fsp3) is 0.222. The number of carbonyl (C=O) groups excluding carboxylic acids is 3. The van der Waals surface area contributed by atoms with Crippen LogP contribution >= 0.6 is 11.8 Å². The third kappa shape index (κ3) is 5.48. The van der Waals surface area contributed by atoms with E-state index in [4.69, 9.17) is 9.57 Å². The minimum Gasteiger partial charge on any atom is -0.477 e. The van der Waals surface area contributed by atoms with Crippen LogP contribution in [0.1, 0.15) is 17.2 Å². The molecule has 0 saturated carbocycles. The van der Waals surface area contributed by atoms with Gasteiger partial charge in [0.05, 0.1) is 18.4 Å². The van der Waals surface area contributed by atoms with Crippen LogP contribution in [0.2, 0.25) is 0 Å². The molecule has 13 heteroatoms. The van der Waals surface area contributed by atoms with Crippen molar-refractivity contribution in [3.63, 3.8) is 0 Å². The maximum atomic E-state index is 13.7. The van der Waals surface area contributed by atoms with Crippen molar-refractivity contribution >= 4 is 51.8 Å². The number of hydrogen-bond donors (Lipinski definition) is 2. The van der Waals surface area contributed by atoms with Crippen molar-refractivity contribution in [2.75, 3.05) is 12.9 Å². The predicted octanol–water partition coefficient (Wildman–Crippen LogP) is 2.55. The molecule has 3 aliphatic rings. The number of amides is 2. The lowest BCUT2D eigenvalue weighted by Crippen LogP contribution is -2.70. The van der Waals surface area contributed by atoms with Gasteiger partial charge in [-0.05, 0) is 17.2 Å². The molecule has 3 heterocycles. The number of rotatable bonds is 9. The zero-order valence-corrected chi connectivity index (χ0v) is 22.7. The number of carbonyl (C=O) groups is 4.